The Labute approximate surface area is 513 Å². The first-order chi connectivity index (χ1) is 41.2. The Morgan fingerprint density at radius 3 is 1.05 bits per heavy atom. The fourth-order valence-corrected chi connectivity index (χ4v) is 9.67. The molecule has 0 heterocycles. The second-order valence-corrected chi connectivity index (χ2v) is 24.1. The molecule has 0 saturated heterocycles. The van der Waals surface area contributed by atoms with Crippen molar-refractivity contribution >= 4 is 33.6 Å². The van der Waals surface area contributed by atoms with E-state index in [1.54, 1.807) is 0 Å². The average molecular weight is 1240 g/mol. The molecule has 0 aliphatic heterocycles. The van der Waals surface area contributed by atoms with Crippen molar-refractivity contribution in [2.24, 2.45) is 0 Å². The summed E-state index contributed by atoms with van der Waals surface area (Å²) in [6.45, 7) is 2.33. The van der Waals surface area contributed by atoms with Crippen LogP contribution in [-0.2, 0) is 55.8 Å². The van der Waals surface area contributed by atoms with E-state index < -0.39 is 91.5 Å². The van der Waals surface area contributed by atoms with Gasteiger partial charge in [0.2, 0.25) is 0 Å². The van der Waals surface area contributed by atoms with E-state index >= 15 is 0 Å². The zero-order valence-corrected chi connectivity index (χ0v) is 54.3. The van der Waals surface area contributed by atoms with Gasteiger partial charge >= 0.3 is 33.6 Å². The summed E-state index contributed by atoms with van der Waals surface area (Å²) < 4.78 is 60.7. The number of phosphoric acid groups is 2. The third-order valence-electron chi connectivity index (χ3n) is 13.0. The molecule has 0 aromatic heterocycles. The van der Waals surface area contributed by atoms with Crippen molar-refractivity contribution < 1.29 is 75.8 Å². The molecule has 5 atom stereocenters. The average Bonchev–Trinajstić information content (AvgIpc) is 3.48. The van der Waals surface area contributed by atoms with E-state index in [4.69, 9.17) is 32.3 Å². The van der Waals surface area contributed by atoms with Crippen LogP contribution in [0.3, 0.4) is 0 Å². The highest BCUT2D eigenvalue weighted by molar-refractivity contribution is 7.47. The van der Waals surface area contributed by atoms with Crippen LogP contribution in [0.5, 0.6) is 0 Å². The van der Waals surface area contributed by atoms with E-state index in [2.05, 4.69) is 118 Å². The molecule has 5 unspecified atom stereocenters. The van der Waals surface area contributed by atoms with Crippen LogP contribution >= 0.6 is 15.6 Å². The van der Waals surface area contributed by atoms with Crippen LogP contribution in [-0.4, -0.2) is 95.9 Å². The number of esters is 3. The quantitative estimate of drug-likeness (QED) is 0.0146. The Balaban J connectivity index is 4.77. The van der Waals surface area contributed by atoms with Crippen LogP contribution in [0.2, 0.25) is 0 Å². The molecule has 0 aromatic carbocycles. The van der Waals surface area contributed by atoms with Gasteiger partial charge in [-0.3, -0.25) is 32.5 Å². The van der Waals surface area contributed by atoms with E-state index in [1.807, 2.05) is 12.2 Å². The summed E-state index contributed by atoms with van der Waals surface area (Å²) in [6, 6.07) is 0. The number of hydrogen-bond donors (Lipinski definition) is 4. The lowest BCUT2D eigenvalue weighted by atomic mass is 10.1. The maximum absolute atomic E-state index is 12.9. The predicted octanol–water partition coefficient (Wildman–Crippen LogP) is 17.3. The van der Waals surface area contributed by atoms with Crippen LogP contribution < -0.4 is 0 Å². The topological polar surface area (TPSA) is 231 Å². The molecule has 0 spiro atoms. The summed E-state index contributed by atoms with van der Waals surface area (Å²) >= 11 is 0. The fraction of sp³-hybridized carbons (Fsp3) is 0.687. The number of allylic oxidation sites excluding steroid dienone is 18. The minimum absolute atomic E-state index is 0.0894. The van der Waals surface area contributed by atoms with E-state index in [0.717, 1.165) is 135 Å². The summed E-state index contributed by atoms with van der Waals surface area (Å²) in [5.74, 6) is -1.66. The largest absolute Gasteiger partial charge is 0.472 e. The number of hydrogen-bond acceptors (Lipinski definition) is 14. The number of carbonyl (C=O) groups excluding carboxylic acids is 3. The highest BCUT2D eigenvalue weighted by Crippen LogP contribution is 2.45. The van der Waals surface area contributed by atoms with E-state index in [1.165, 1.54) is 38.5 Å². The van der Waals surface area contributed by atoms with Crippen LogP contribution in [0, 0.1) is 0 Å². The number of aliphatic hydroxyl groups excluding tert-OH is 2. The molecule has 0 bridgehead atoms. The predicted molar refractivity (Wildman–Crippen MR) is 344 cm³/mol. The van der Waals surface area contributed by atoms with Gasteiger partial charge in [0.25, 0.3) is 0 Å². The summed E-state index contributed by atoms with van der Waals surface area (Å²) in [7, 11) is -9.79. The Kier molecular flexibility index (Phi) is 57.8. The van der Waals surface area contributed by atoms with E-state index in [0.29, 0.717) is 25.7 Å². The lowest BCUT2D eigenvalue weighted by molar-refractivity contribution is -0.161. The van der Waals surface area contributed by atoms with Crippen molar-refractivity contribution in [2.45, 2.75) is 257 Å². The van der Waals surface area contributed by atoms with Gasteiger partial charge < -0.3 is 34.2 Å². The molecule has 0 radical (unpaired) electrons. The van der Waals surface area contributed by atoms with Crippen molar-refractivity contribution in [3.63, 3.8) is 0 Å². The number of rotatable bonds is 60. The summed E-state index contributed by atoms with van der Waals surface area (Å²) in [6.07, 6.45) is 65.8. The molecular weight excluding hydrogens is 1120 g/mol. The minimum atomic E-state index is -4.93. The molecule has 0 saturated carbocycles. The molecule has 0 fully saturated rings. The highest BCUT2D eigenvalue weighted by Gasteiger charge is 2.29. The zero-order chi connectivity index (χ0) is 62.4. The normalized spacial score (nSPS) is 15.0. The van der Waals surface area contributed by atoms with Crippen LogP contribution in [0.4, 0.5) is 0 Å². The van der Waals surface area contributed by atoms with Crippen molar-refractivity contribution in [1.82, 2.24) is 0 Å². The van der Waals surface area contributed by atoms with Crippen LogP contribution in [0.1, 0.15) is 239 Å². The SMILES string of the molecule is CC/C=C\C/C=C\C/C=C\C/C=C\C/C=C\CCCC(=O)OCC(O)COP(=O)(O)OCC(O)COP(=O)(O)OCC(COC(=O)CCCCCCCCC/C=C\C/C=C\C/C=C\CC)OC(=O)CCCCCCC/C=C\CCCCCCCC. The lowest BCUT2D eigenvalue weighted by Crippen LogP contribution is -2.30. The first-order valence-corrected chi connectivity index (χ1v) is 35.2. The number of aliphatic hydroxyl groups is 2. The minimum Gasteiger partial charge on any atom is -0.463 e. The second-order valence-electron chi connectivity index (χ2n) is 21.1. The van der Waals surface area contributed by atoms with Crippen molar-refractivity contribution in [2.75, 3.05) is 39.6 Å². The first-order valence-electron chi connectivity index (χ1n) is 32.2. The van der Waals surface area contributed by atoms with Gasteiger partial charge in [-0.15, -0.1) is 0 Å². The smallest absolute Gasteiger partial charge is 0.463 e. The molecule has 0 aromatic rings. The number of carbonyl (C=O) groups is 3. The Morgan fingerprint density at radius 2 is 0.635 bits per heavy atom. The third kappa shape index (κ3) is 61.6. The van der Waals surface area contributed by atoms with Gasteiger partial charge in [-0.2, -0.15) is 0 Å². The van der Waals surface area contributed by atoms with Gasteiger partial charge in [0.1, 0.15) is 25.4 Å². The Bertz CT molecular complexity index is 1990. The van der Waals surface area contributed by atoms with Gasteiger partial charge in [0, 0.05) is 19.3 Å². The second kappa shape index (κ2) is 60.5. The Hall–Kier alpha value is -3.79. The van der Waals surface area contributed by atoms with Crippen molar-refractivity contribution in [3.8, 4) is 0 Å². The maximum atomic E-state index is 12.9. The van der Waals surface area contributed by atoms with Gasteiger partial charge in [-0.05, 0) is 116 Å². The molecule has 16 nitrogen and oxygen atoms in total. The molecule has 18 heteroatoms. The monoisotopic (exact) mass is 1240 g/mol. The molecular formula is C67H114O16P2. The summed E-state index contributed by atoms with van der Waals surface area (Å²) in [5.41, 5.74) is 0. The zero-order valence-electron chi connectivity index (χ0n) is 52.5. The molecule has 488 valence electrons. The lowest BCUT2D eigenvalue weighted by Gasteiger charge is -2.21. The van der Waals surface area contributed by atoms with Crippen molar-refractivity contribution in [3.05, 3.63) is 109 Å². The van der Waals surface area contributed by atoms with Gasteiger partial charge in [0.15, 0.2) is 6.10 Å². The standard InChI is InChI=1S/C67H114O16P2/c1-4-7-10-13-16-19-22-25-28-30-33-35-38-41-44-47-50-53-65(70)77-56-62(68)57-79-84(73,74)80-58-63(69)59-81-85(75,76)82-61-64(83-67(72)55-52-49-46-43-40-37-32-27-24-21-18-15-12-9-6-3)60-78-66(71)54-51-48-45-42-39-36-34-31-29-26-23-20-17-14-11-8-5-2/h7-8,10-11,16-17,19-20,25-29,32-33,35,41,44,62-64,68-69H,4-6,9,12-15,18,21-24,30-31,34,36-40,42-43,45-61H2,1-3H3,(H,73,74)(H,75,76)/b10-7-,11-8-,19-16-,20-17-,28-25-,29-26-,32-27-,35-33-,44-41-. The molecule has 0 rings (SSSR count). The highest BCUT2D eigenvalue weighted by atomic mass is 31.2. The van der Waals surface area contributed by atoms with E-state index in [9.17, 15) is 43.5 Å². The summed E-state index contributed by atoms with van der Waals surface area (Å²) in [5, 5.41) is 20.5. The number of ether oxygens (including phenoxy) is 3. The number of unbranched alkanes of at least 4 members (excludes halogenated alkanes) is 19. The third-order valence-corrected chi connectivity index (χ3v) is 14.9. The van der Waals surface area contributed by atoms with Crippen LogP contribution in [0.15, 0.2) is 109 Å². The molecule has 85 heavy (non-hydrogen) atoms. The Morgan fingerprint density at radius 1 is 0.341 bits per heavy atom. The van der Waals surface area contributed by atoms with Crippen LogP contribution in [0.25, 0.3) is 0 Å². The summed E-state index contributed by atoms with van der Waals surface area (Å²) in [4.78, 5) is 58.2. The molecule has 0 amide bonds. The fourth-order valence-electron chi connectivity index (χ4n) is 8.08. The number of phosphoric ester groups is 2. The maximum Gasteiger partial charge on any atom is 0.472 e. The van der Waals surface area contributed by atoms with Gasteiger partial charge in [-0.25, -0.2) is 9.13 Å². The van der Waals surface area contributed by atoms with Crippen molar-refractivity contribution in [1.29, 1.82) is 0 Å². The molecule has 0 aliphatic carbocycles. The van der Waals surface area contributed by atoms with E-state index in [-0.39, 0.29) is 19.3 Å². The van der Waals surface area contributed by atoms with Gasteiger partial charge in [0.05, 0.1) is 26.4 Å². The molecule has 0 aliphatic rings. The van der Waals surface area contributed by atoms with Gasteiger partial charge in [-0.1, -0.05) is 214 Å². The first kappa shape index (κ1) is 81.2. The molecule has 4 N–H and O–H groups in total.